The first-order valence-electron chi connectivity index (χ1n) is 7.96. The maximum absolute atomic E-state index is 13.0. The van der Waals surface area contributed by atoms with Gasteiger partial charge in [0, 0.05) is 26.0 Å². The Morgan fingerprint density at radius 1 is 1.48 bits per heavy atom. The van der Waals surface area contributed by atoms with Crippen molar-refractivity contribution in [2.24, 2.45) is 5.41 Å². The van der Waals surface area contributed by atoms with Gasteiger partial charge in [-0.3, -0.25) is 9.48 Å². The summed E-state index contributed by atoms with van der Waals surface area (Å²) in [5, 5.41) is 4.36. The van der Waals surface area contributed by atoms with Crippen molar-refractivity contribution in [3.8, 4) is 0 Å². The molecule has 1 atom stereocenters. The second-order valence-electron chi connectivity index (χ2n) is 6.71. The third kappa shape index (κ3) is 2.98. The van der Waals surface area contributed by atoms with Crippen LogP contribution in [0.2, 0.25) is 0 Å². The number of amides is 1. The van der Waals surface area contributed by atoms with Gasteiger partial charge < -0.3 is 9.64 Å². The topological polar surface area (TPSA) is 47.4 Å². The van der Waals surface area contributed by atoms with E-state index in [1.54, 1.807) is 0 Å². The van der Waals surface area contributed by atoms with E-state index in [0.29, 0.717) is 19.1 Å². The van der Waals surface area contributed by atoms with Crippen LogP contribution >= 0.6 is 0 Å². The molecule has 2 fully saturated rings. The lowest BCUT2D eigenvalue weighted by Gasteiger charge is -2.37. The van der Waals surface area contributed by atoms with Gasteiger partial charge in [0.1, 0.15) is 0 Å². The van der Waals surface area contributed by atoms with Crippen molar-refractivity contribution in [1.82, 2.24) is 14.7 Å². The molecule has 0 bridgehead atoms. The van der Waals surface area contributed by atoms with E-state index in [0.717, 1.165) is 38.8 Å². The van der Waals surface area contributed by atoms with Crippen LogP contribution in [-0.4, -0.2) is 46.4 Å². The van der Waals surface area contributed by atoms with Crippen molar-refractivity contribution in [3.63, 3.8) is 0 Å². The standard InChI is InChI=1S/C16H25N3O2/c1-13-10-17-18(11-13)12-14-4-3-7-19(14)15(20)16(2)5-8-21-9-6-16/h10-11,14H,3-9,12H2,1-2H3/t14-/m0/s1. The second kappa shape index (κ2) is 5.79. The van der Waals surface area contributed by atoms with E-state index in [2.05, 4.69) is 23.1 Å². The lowest BCUT2D eigenvalue weighted by molar-refractivity contribution is -0.147. The summed E-state index contributed by atoms with van der Waals surface area (Å²) < 4.78 is 7.39. The Kier molecular flexibility index (Phi) is 4.02. The highest BCUT2D eigenvalue weighted by Crippen LogP contribution is 2.34. The van der Waals surface area contributed by atoms with E-state index in [-0.39, 0.29) is 11.5 Å². The summed E-state index contributed by atoms with van der Waals surface area (Å²) in [6.45, 7) is 7.26. The van der Waals surface area contributed by atoms with Gasteiger partial charge in [-0.05, 0) is 38.2 Å². The Bertz CT molecular complexity index is 505. The van der Waals surface area contributed by atoms with Gasteiger partial charge in [-0.25, -0.2) is 0 Å². The van der Waals surface area contributed by atoms with E-state index in [4.69, 9.17) is 4.74 Å². The zero-order chi connectivity index (χ0) is 14.9. The molecule has 0 N–H and O–H groups in total. The number of carbonyl (C=O) groups excluding carboxylic acids is 1. The lowest BCUT2D eigenvalue weighted by Crippen LogP contribution is -2.48. The summed E-state index contributed by atoms with van der Waals surface area (Å²) in [6, 6.07) is 0.288. The summed E-state index contributed by atoms with van der Waals surface area (Å²) in [7, 11) is 0. The lowest BCUT2D eigenvalue weighted by atomic mass is 9.81. The normalized spacial score (nSPS) is 25.2. The Morgan fingerprint density at radius 3 is 2.90 bits per heavy atom. The van der Waals surface area contributed by atoms with Crippen molar-refractivity contribution in [2.45, 2.75) is 52.1 Å². The first-order valence-corrected chi connectivity index (χ1v) is 7.96. The Hall–Kier alpha value is -1.36. The predicted molar refractivity (Wildman–Crippen MR) is 79.9 cm³/mol. The molecule has 21 heavy (non-hydrogen) atoms. The van der Waals surface area contributed by atoms with Crippen LogP contribution < -0.4 is 0 Å². The zero-order valence-corrected chi connectivity index (χ0v) is 13.0. The molecule has 1 aromatic rings. The largest absolute Gasteiger partial charge is 0.381 e. The van der Waals surface area contributed by atoms with Crippen LogP contribution in [0.5, 0.6) is 0 Å². The third-order valence-corrected chi connectivity index (χ3v) is 4.91. The molecule has 5 nitrogen and oxygen atoms in total. The van der Waals surface area contributed by atoms with Gasteiger partial charge in [0.05, 0.1) is 24.2 Å². The van der Waals surface area contributed by atoms with Crippen LogP contribution in [0.3, 0.4) is 0 Å². The number of aryl methyl sites for hydroxylation is 1. The molecule has 0 unspecified atom stereocenters. The number of likely N-dealkylation sites (tertiary alicyclic amines) is 1. The van der Waals surface area contributed by atoms with Crippen LogP contribution in [0.25, 0.3) is 0 Å². The molecule has 0 saturated carbocycles. The number of ether oxygens (including phenoxy) is 1. The minimum absolute atomic E-state index is 0.235. The molecular weight excluding hydrogens is 266 g/mol. The Balaban J connectivity index is 1.69. The number of aromatic nitrogens is 2. The summed E-state index contributed by atoms with van der Waals surface area (Å²) in [5.41, 5.74) is 0.934. The summed E-state index contributed by atoms with van der Waals surface area (Å²) in [6.07, 6.45) is 7.80. The van der Waals surface area contributed by atoms with Gasteiger partial charge in [-0.1, -0.05) is 6.92 Å². The maximum Gasteiger partial charge on any atom is 0.228 e. The van der Waals surface area contributed by atoms with Crippen molar-refractivity contribution in [2.75, 3.05) is 19.8 Å². The average Bonchev–Trinajstić information content (AvgIpc) is 3.08. The van der Waals surface area contributed by atoms with E-state index in [1.165, 1.54) is 5.56 Å². The van der Waals surface area contributed by atoms with E-state index >= 15 is 0 Å². The van der Waals surface area contributed by atoms with Gasteiger partial charge in [0.15, 0.2) is 0 Å². The number of hydrogen-bond donors (Lipinski definition) is 0. The van der Waals surface area contributed by atoms with Crippen molar-refractivity contribution >= 4 is 5.91 Å². The fourth-order valence-electron chi connectivity index (χ4n) is 3.46. The first kappa shape index (κ1) is 14.6. The van der Waals surface area contributed by atoms with Gasteiger partial charge >= 0.3 is 0 Å². The molecule has 1 aromatic heterocycles. The van der Waals surface area contributed by atoms with E-state index in [9.17, 15) is 4.79 Å². The van der Waals surface area contributed by atoms with Gasteiger partial charge in [-0.15, -0.1) is 0 Å². The zero-order valence-electron chi connectivity index (χ0n) is 13.0. The molecule has 0 aromatic carbocycles. The maximum atomic E-state index is 13.0. The number of nitrogens with zero attached hydrogens (tertiary/aromatic N) is 3. The molecule has 5 heteroatoms. The van der Waals surface area contributed by atoms with Crippen LogP contribution in [0.1, 0.15) is 38.2 Å². The van der Waals surface area contributed by atoms with Crippen molar-refractivity contribution in [1.29, 1.82) is 0 Å². The predicted octanol–water partition coefficient (Wildman–Crippen LogP) is 2.00. The monoisotopic (exact) mass is 291 g/mol. The van der Waals surface area contributed by atoms with Crippen molar-refractivity contribution < 1.29 is 9.53 Å². The van der Waals surface area contributed by atoms with Gasteiger partial charge in [0.2, 0.25) is 5.91 Å². The Morgan fingerprint density at radius 2 is 2.24 bits per heavy atom. The summed E-state index contributed by atoms with van der Waals surface area (Å²) in [4.78, 5) is 15.1. The first-order chi connectivity index (χ1) is 10.1. The molecule has 0 radical (unpaired) electrons. The number of hydrogen-bond acceptors (Lipinski definition) is 3. The molecule has 2 aliphatic rings. The summed E-state index contributed by atoms with van der Waals surface area (Å²) >= 11 is 0. The van der Waals surface area contributed by atoms with Crippen LogP contribution in [0.15, 0.2) is 12.4 Å². The molecule has 116 valence electrons. The van der Waals surface area contributed by atoms with Crippen LogP contribution in [0, 0.1) is 12.3 Å². The third-order valence-electron chi connectivity index (χ3n) is 4.91. The molecule has 3 rings (SSSR count). The highest BCUT2D eigenvalue weighted by molar-refractivity contribution is 5.83. The number of rotatable bonds is 3. The smallest absolute Gasteiger partial charge is 0.228 e. The van der Waals surface area contributed by atoms with E-state index < -0.39 is 0 Å². The molecule has 1 amide bonds. The molecule has 0 aliphatic carbocycles. The van der Waals surface area contributed by atoms with E-state index in [1.807, 2.05) is 17.8 Å². The SMILES string of the molecule is Cc1cnn(C[C@@H]2CCCN2C(=O)C2(C)CCOCC2)c1. The molecular formula is C16H25N3O2. The highest BCUT2D eigenvalue weighted by Gasteiger charge is 2.41. The fraction of sp³-hybridized carbons (Fsp3) is 0.750. The minimum Gasteiger partial charge on any atom is -0.381 e. The highest BCUT2D eigenvalue weighted by atomic mass is 16.5. The second-order valence-corrected chi connectivity index (χ2v) is 6.71. The van der Waals surface area contributed by atoms with Crippen molar-refractivity contribution in [3.05, 3.63) is 18.0 Å². The molecule has 3 heterocycles. The molecule has 0 spiro atoms. The number of carbonyl (C=O) groups is 1. The molecule has 2 saturated heterocycles. The summed E-state index contributed by atoms with van der Waals surface area (Å²) in [5.74, 6) is 0.317. The average molecular weight is 291 g/mol. The van der Waals surface area contributed by atoms with Crippen LogP contribution in [0.4, 0.5) is 0 Å². The van der Waals surface area contributed by atoms with Crippen LogP contribution in [-0.2, 0) is 16.1 Å². The fourth-order valence-corrected chi connectivity index (χ4v) is 3.46. The Labute approximate surface area is 126 Å². The van der Waals surface area contributed by atoms with Gasteiger partial charge in [-0.2, -0.15) is 5.10 Å². The molecule has 2 aliphatic heterocycles. The van der Waals surface area contributed by atoms with Gasteiger partial charge in [0.25, 0.3) is 0 Å². The minimum atomic E-state index is -0.235. The quantitative estimate of drug-likeness (QED) is 0.856.